The van der Waals surface area contributed by atoms with Gasteiger partial charge in [0.05, 0.1) is 16.0 Å². The summed E-state index contributed by atoms with van der Waals surface area (Å²) in [5.41, 5.74) is -0.258. The Hall–Kier alpha value is -3.85. The summed E-state index contributed by atoms with van der Waals surface area (Å²) in [5.74, 6) is -2.77. The highest BCUT2D eigenvalue weighted by Gasteiger charge is 2.19. The lowest BCUT2D eigenvalue weighted by molar-refractivity contribution is 0.403. The maximum absolute atomic E-state index is 13.1. The topological polar surface area (TPSA) is 125 Å². The molecule has 1 aromatic heterocycles. The van der Waals surface area contributed by atoms with Crippen molar-refractivity contribution in [2.24, 2.45) is 0 Å². The molecule has 7 nitrogen and oxygen atoms in total. The van der Waals surface area contributed by atoms with Gasteiger partial charge in [0.15, 0.2) is 27.1 Å². The van der Waals surface area contributed by atoms with Crippen LogP contribution in [0, 0.1) is 5.82 Å². The van der Waals surface area contributed by atoms with Crippen LogP contribution in [0.25, 0.3) is 22.3 Å². The Kier molecular flexibility index (Phi) is 4.90. The van der Waals surface area contributed by atoms with Gasteiger partial charge in [-0.25, -0.2) is 12.8 Å². The summed E-state index contributed by atoms with van der Waals surface area (Å²) in [6, 6.07) is 12.2. The average molecular weight is 442 g/mol. The summed E-state index contributed by atoms with van der Waals surface area (Å²) >= 11 is 0. The molecular weight excluding hydrogens is 427 g/mol. The lowest BCUT2D eigenvalue weighted by atomic mass is 10.1. The summed E-state index contributed by atoms with van der Waals surface area (Å²) < 4.78 is 43.8. The van der Waals surface area contributed by atoms with Crippen LogP contribution >= 0.6 is 0 Å². The largest absolute Gasteiger partial charge is 0.504 e. The van der Waals surface area contributed by atoms with Gasteiger partial charge in [-0.1, -0.05) is 6.07 Å². The van der Waals surface area contributed by atoms with Gasteiger partial charge >= 0.3 is 0 Å². The molecule has 0 aliphatic rings. The van der Waals surface area contributed by atoms with E-state index >= 15 is 0 Å². The van der Waals surface area contributed by atoms with Gasteiger partial charge in [0.25, 0.3) is 0 Å². The lowest BCUT2D eigenvalue weighted by Gasteiger charge is -2.09. The van der Waals surface area contributed by atoms with Crippen molar-refractivity contribution in [3.63, 3.8) is 0 Å². The maximum atomic E-state index is 13.1. The molecule has 0 aliphatic carbocycles. The van der Waals surface area contributed by atoms with Crippen molar-refractivity contribution >= 4 is 20.8 Å². The van der Waals surface area contributed by atoms with Crippen LogP contribution < -0.4 is 5.43 Å². The molecule has 0 saturated heterocycles. The predicted octanol–water partition coefficient (Wildman–Crippen LogP) is 3.69. The Balaban J connectivity index is 1.76. The molecule has 0 spiro atoms. The van der Waals surface area contributed by atoms with Crippen LogP contribution in [0.2, 0.25) is 0 Å². The van der Waals surface area contributed by atoms with E-state index < -0.39 is 38.3 Å². The maximum Gasteiger partial charge on any atom is 0.235 e. The van der Waals surface area contributed by atoms with E-state index in [-0.39, 0.29) is 38.5 Å². The van der Waals surface area contributed by atoms with Crippen molar-refractivity contribution in [2.75, 3.05) is 0 Å². The minimum Gasteiger partial charge on any atom is -0.504 e. The molecule has 1 heterocycles. The highest BCUT2D eigenvalue weighted by molar-refractivity contribution is 7.90. The summed E-state index contributed by atoms with van der Waals surface area (Å²) in [4.78, 5) is 12.6. The molecule has 0 atom stereocenters. The smallest absolute Gasteiger partial charge is 0.235 e. The third kappa shape index (κ3) is 3.82. The number of halogens is 1. The van der Waals surface area contributed by atoms with E-state index in [2.05, 4.69) is 0 Å². The molecule has 0 unspecified atom stereocenters. The molecule has 3 aromatic carbocycles. The van der Waals surface area contributed by atoms with Gasteiger partial charge < -0.3 is 19.7 Å². The van der Waals surface area contributed by atoms with Crippen LogP contribution in [-0.4, -0.2) is 23.7 Å². The molecule has 3 N–H and O–H groups in total. The van der Waals surface area contributed by atoms with E-state index in [1.165, 1.54) is 30.3 Å². The van der Waals surface area contributed by atoms with Crippen molar-refractivity contribution in [2.45, 2.75) is 10.6 Å². The molecule has 0 radical (unpaired) electrons. The highest BCUT2D eigenvalue weighted by atomic mass is 32.2. The second-order valence-electron chi connectivity index (χ2n) is 6.86. The number of hydrogen-bond donors (Lipinski definition) is 3. The first-order chi connectivity index (χ1) is 14.7. The summed E-state index contributed by atoms with van der Waals surface area (Å²) in [6.45, 7) is 0. The zero-order chi connectivity index (χ0) is 22.3. The van der Waals surface area contributed by atoms with Crippen LogP contribution in [0.3, 0.4) is 0 Å². The van der Waals surface area contributed by atoms with Crippen molar-refractivity contribution < 1.29 is 32.5 Å². The van der Waals surface area contributed by atoms with Crippen LogP contribution in [0.4, 0.5) is 4.39 Å². The van der Waals surface area contributed by atoms with E-state index in [1.54, 1.807) is 0 Å². The highest BCUT2D eigenvalue weighted by Crippen LogP contribution is 2.35. The molecule has 0 amide bonds. The second-order valence-corrected chi connectivity index (χ2v) is 8.85. The molecule has 4 rings (SSSR count). The molecule has 0 aliphatic heterocycles. The second kappa shape index (κ2) is 7.44. The third-order valence-corrected chi connectivity index (χ3v) is 6.40. The van der Waals surface area contributed by atoms with Gasteiger partial charge in [-0.3, -0.25) is 4.79 Å². The van der Waals surface area contributed by atoms with Crippen molar-refractivity contribution in [1.29, 1.82) is 0 Å². The molecule has 4 aromatic rings. The van der Waals surface area contributed by atoms with Crippen LogP contribution in [0.1, 0.15) is 5.56 Å². The Morgan fingerprint density at radius 1 is 0.871 bits per heavy atom. The quantitative estimate of drug-likeness (QED) is 0.325. The van der Waals surface area contributed by atoms with Gasteiger partial charge in [0.1, 0.15) is 11.4 Å². The van der Waals surface area contributed by atoms with Crippen molar-refractivity contribution in [3.05, 3.63) is 82.3 Å². The number of phenols is 2. The zero-order valence-corrected chi connectivity index (χ0v) is 16.6. The number of benzene rings is 3. The Morgan fingerprint density at radius 2 is 1.58 bits per heavy atom. The van der Waals surface area contributed by atoms with E-state index in [0.29, 0.717) is 0 Å². The minimum absolute atomic E-state index is 0.0314. The van der Waals surface area contributed by atoms with E-state index in [4.69, 9.17) is 4.42 Å². The average Bonchev–Trinajstić information content (AvgIpc) is 2.73. The van der Waals surface area contributed by atoms with E-state index in [0.717, 1.165) is 30.3 Å². The van der Waals surface area contributed by atoms with E-state index in [9.17, 15) is 32.9 Å². The van der Waals surface area contributed by atoms with Crippen LogP contribution in [-0.2, 0) is 15.6 Å². The van der Waals surface area contributed by atoms with Gasteiger partial charge in [0.2, 0.25) is 11.2 Å². The molecule has 158 valence electrons. The molecule has 9 heteroatoms. The van der Waals surface area contributed by atoms with Gasteiger partial charge in [0, 0.05) is 5.56 Å². The molecule has 0 saturated carbocycles. The molecule has 0 fully saturated rings. The SMILES string of the molecule is O=c1c(O)c(-c2ccc(O)c(O)c2)oc2ccc(CS(=O)(=O)c3ccc(F)cc3)cc12. The number of sulfone groups is 1. The monoisotopic (exact) mass is 442 g/mol. The summed E-state index contributed by atoms with van der Waals surface area (Å²) in [7, 11) is -3.79. The third-order valence-electron chi connectivity index (χ3n) is 4.70. The van der Waals surface area contributed by atoms with Crippen LogP contribution in [0.5, 0.6) is 17.2 Å². The standard InChI is InChI=1S/C22H15FO7S/c23-14-3-5-15(6-4-14)31(28,29)11-12-1-8-19-16(9-12)20(26)21(27)22(30-19)13-2-7-17(24)18(25)10-13/h1-10,24-25,27H,11H2. The minimum atomic E-state index is -3.79. The van der Waals surface area contributed by atoms with Gasteiger partial charge in [-0.05, 0) is 60.2 Å². The molecular formula is C22H15FO7S. The molecule has 31 heavy (non-hydrogen) atoms. The Bertz CT molecular complexity index is 1470. The zero-order valence-electron chi connectivity index (χ0n) is 15.7. The fourth-order valence-corrected chi connectivity index (χ4v) is 4.46. The molecule has 0 bridgehead atoms. The predicted molar refractivity (Wildman–Crippen MR) is 110 cm³/mol. The van der Waals surface area contributed by atoms with Gasteiger partial charge in [-0.2, -0.15) is 0 Å². The fourth-order valence-electron chi connectivity index (χ4n) is 3.13. The first kappa shape index (κ1) is 20.4. The fraction of sp³-hybridized carbons (Fsp3) is 0.0455. The number of aromatic hydroxyl groups is 3. The number of hydrogen-bond acceptors (Lipinski definition) is 7. The van der Waals surface area contributed by atoms with Gasteiger partial charge in [-0.15, -0.1) is 0 Å². The van der Waals surface area contributed by atoms with Crippen molar-refractivity contribution in [1.82, 2.24) is 0 Å². The number of rotatable bonds is 4. The Morgan fingerprint density at radius 3 is 2.26 bits per heavy atom. The lowest BCUT2D eigenvalue weighted by Crippen LogP contribution is -2.07. The summed E-state index contributed by atoms with van der Waals surface area (Å²) in [6.07, 6.45) is 0. The normalized spacial score (nSPS) is 11.6. The van der Waals surface area contributed by atoms with E-state index in [1.807, 2.05) is 0 Å². The Labute approximate surface area is 175 Å². The number of phenolic OH excluding ortho intramolecular Hbond substituents is 2. The number of fused-ring (bicyclic) bond motifs is 1. The first-order valence-electron chi connectivity index (χ1n) is 8.95. The first-order valence-corrected chi connectivity index (χ1v) is 10.6. The summed E-state index contributed by atoms with van der Waals surface area (Å²) in [5, 5.41) is 29.4. The van der Waals surface area contributed by atoms with Crippen LogP contribution in [0.15, 0.2) is 74.8 Å². The van der Waals surface area contributed by atoms with Crippen molar-refractivity contribution in [3.8, 4) is 28.6 Å².